The topological polar surface area (TPSA) is 94.2 Å². The van der Waals surface area contributed by atoms with E-state index >= 15 is 0 Å². The van der Waals surface area contributed by atoms with Gasteiger partial charge in [0, 0.05) is 19.2 Å². The predicted molar refractivity (Wildman–Crippen MR) is 132 cm³/mol. The fraction of sp³-hybridized carbons (Fsp3) is 0.240. The first-order chi connectivity index (χ1) is 16.4. The molecule has 0 radical (unpaired) electrons. The summed E-state index contributed by atoms with van der Waals surface area (Å²) in [6.07, 6.45) is 4.69. The summed E-state index contributed by atoms with van der Waals surface area (Å²) in [6, 6.07) is 12.6. The Labute approximate surface area is 202 Å². The molecule has 9 heteroatoms. The number of rotatable bonds is 10. The number of thioether (sulfide) groups is 1. The number of carbonyl (C=O) groups excluding carboxylic acids is 3. The van der Waals surface area contributed by atoms with Crippen molar-refractivity contribution in [3.8, 4) is 17.2 Å². The van der Waals surface area contributed by atoms with Crippen molar-refractivity contribution >= 4 is 41.0 Å². The minimum Gasteiger partial charge on any atom is -0.497 e. The van der Waals surface area contributed by atoms with Gasteiger partial charge in [0.2, 0.25) is 5.91 Å². The first-order valence-corrected chi connectivity index (χ1v) is 11.4. The lowest BCUT2D eigenvalue weighted by molar-refractivity contribution is -0.123. The zero-order chi connectivity index (χ0) is 24.5. The normalized spacial score (nSPS) is 14.7. The maximum Gasteiger partial charge on any atom is 0.293 e. The van der Waals surface area contributed by atoms with Crippen LogP contribution < -0.4 is 19.5 Å². The molecule has 0 aromatic heterocycles. The van der Waals surface area contributed by atoms with E-state index in [-0.39, 0.29) is 24.2 Å². The third-order valence-corrected chi connectivity index (χ3v) is 5.72. The van der Waals surface area contributed by atoms with Crippen molar-refractivity contribution in [2.45, 2.75) is 6.92 Å². The molecule has 1 saturated heterocycles. The second kappa shape index (κ2) is 11.9. The molecule has 178 valence electrons. The Kier molecular flexibility index (Phi) is 8.75. The molecule has 1 aliphatic rings. The van der Waals surface area contributed by atoms with Crippen molar-refractivity contribution in [2.75, 3.05) is 33.9 Å². The molecule has 34 heavy (non-hydrogen) atoms. The van der Waals surface area contributed by atoms with E-state index in [4.69, 9.17) is 14.2 Å². The van der Waals surface area contributed by atoms with Gasteiger partial charge >= 0.3 is 0 Å². The predicted octanol–water partition coefficient (Wildman–Crippen LogP) is 3.97. The Morgan fingerprint density at radius 3 is 2.62 bits per heavy atom. The number of methoxy groups -OCH3 is 2. The van der Waals surface area contributed by atoms with Crippen molar-refractivity contribution in [2.24, 2.45) is 0 Å². The Morgan fingerprint density at radius 2 is 1.88 bits per heavy atom. The highest BCUT2D eigenvalue weighted by Crippen LogP contribution is 2.34. The van der Waals surface area contributed by atoms with Crippen molar-refractivity contribution in [3.05, 3.63) is 64.6 Å². The van der Waals surface area contributed by atoms with Gasteiger partial charge in [-0.05, 0) is 66.2 Å². The van der Waals surface area contributed by atoms with Crippen LogP contribution in [0.1, 0.15) is 18.1 Å². The van der Waals surface area contributed by atoms with Gasteiger partial charge < -0.3 is 19.5 Å². The van der Waals surface area contributed by atoms with Crippen LogP contribution in [0.15, 0.2) is 53.4 Å². The van der Waals surface area contributed by atoms with Gasteiger partial charge in [0.15, 0.2) is 11.5 Å². The number of hydrogen-bond donors (Lipinski definition) is 1. The highest BCUT2D eigenvalue weighted by Gasteiger charge is 2.34. The Bertz CT molecular complexity index is 1130. The molecule has 3 rings (SSSR count). The molecule has 0 bridgehead atoms. The van der Waals surface area contributed by atoms with Crippen LogP contribution in [0.5, 0.6) is 17.2 Å². The van der Waals surface area contributed by atoms with Crippen LogP contribution >= 0.6 is 11.8 Å². The lowest BCUT2D eigenvalue weighted by Gasteiger charge is -2.12. The Balaban J connectivity index is 1.56. The van der Waals surface area contributed by atoms with E-state index in [1.165, 1.54) is 13.2 Å². The lowest BCUT2D eigenvalue weighted by atomic mass is 10.2. The third-order valence-electron chi connectivity index (χ3n) is 4.81. The average Bonchev–Trinajstić information content (AvgIpc) is 3.11. The van der Waals surface area contributed by atoms with E-state index in [1.54, 1.807) is 43.5 Å². The maximum atomic E-state index is 12.7. The zero-order valence-corrected chi connectivity index (χ0v) is 20.0. The van der Waals surface area contributed by atoms with Crippen LogP contribution in [0.4, 0.5) is 4.79 Å². The SMILES string of the molecule is CCOc1ccc(/C=C2\SC(=O)N(CCNC(=O)/C=C/c3cccc(OC)c3)C2=O)cc1OC. The molecule has 8 nitrogen and oxygen atoms in total. The number of benzene rings is 2. The molecular formula is C25H26N2O6S. The number of nitrogens with zero attached hydrogens (tertiary/aromatic N) is 1. The minimum atomic E-state index is -0.399. The molecule has 1 fully saturated rings. The standard InChI is InChI=1S/C25H26N2O6S/c1-4-33-20-10-8-18(15-21(20)32-3)16-22-24(29)27(25(30)34-22)13-12-26-23(28)11-9-17-6-5-7-19(14-17)31-2/h5-11,14-16H,4,12-13H2,1-3H3,(H,26,28)/b11-9+,22-16-. The molecule has 1 N–H and O–H groups in total. The second-order valence-electron chi connectivity index (χ2n) is 7.08. The summed E-state index contributed by atoms with van der Waals surface area (Å²) in [5.41, 5.74) is 1.53. The van der Waals surface area contributed by atoms with E-state index in [1.807, 2.05) is 25.1 Å². The van der Waals surface area contributed by atoms with E-state index in [0.717, 1.165) is 22.2 Å². The molecule has 0 atom stereocenters. The maximum absolute atomic E-state index is 12.7. The van der Waals surface area contributed by atoms with Crippen LogP contribution in [-0.4, -0.2) is 55.9 Å². The summed E-state index contributed by atoms with van der Waals surface area (Å²) in [6.45, 7) is 2.60. The molecule has 0 aliphatic carbocycles. The molecule has 0 spiro atoms. The van der Waals surface area contributed by atoms with Gasteiger partial charge in [0.05, 0.1) is 25.7 Å². The van der Waals surface area contributed by atoms with E-state index in [9.17, 15) is 14.4 Å². The Morgan fingerprint density at radius 1 is 1.06 bits per heavy atom. The van der Waals surface area contributed by atoms with Crippen LogP contribution in [0.25, 0.3) is 12.2 Å². The van der Waals surface area contributed by atoms with Crippen LogP contribution in [0.3, 0.4) is 0 Å². The summed E-state index contributed by atoms with van der Waals surface area (Å²) in [4.78, 5) is 38.6. The average molecular weight is 483 g/mol. The fourth-order valence-electron chi connectivity index (χ4n) is 3.16. The van der Waals surface area contributed by atoms with Gasteiger partial charge in [-0.3, -0.25) is 19.3 Å². The summed E-state index contributed by atoms with van der Waals surface area (Å²) < 4.78 is 16.0. The van der Waals surface area contributed by atoms with Gasteiger partial charge in [-0.1, -0.05) is 18.2 Å². The second-order valence-corrected chi connectivity index (χ2v) is 8.07. The Hall–Kier alpha value is -3.72. The van der Waals surface area contributed by atoms with E-state index in [0.29, 0.717) is 34.3 Å². The minimum absolute atomic E-state index is 0.0767. The number of ether oxygens (including phenoxy) is 3. The first kappa shape index (κ1) is 24.9. The molecule has 1 heterocycles. The summed E-state index contributed by atoms with van der Waals surface area (Å²) in [5, 5.41) is 2.31. The molecule has 3 amide bonds. The van der Waals surface area contributed by atoms with Crippen molar-refractivity contribution in [1.29, 1.82) is 0 Å². The highest BCUT2D eigenvalue weighted by molar-refractivity contribution is 8.18. The van der Waals surface area contributed by atoms with Crippen molar-refractivity contribution in [3.63, 3.8) is 0 Å². The molecular weight excluding hydrogens is 456 g/mol. The number of hydrogen-bond acceptors (Lipinski definition) is 7. The quantitative estimate of drug-likeness (QED) is 0.512. The number of carbonyl (C=O) groups is 3. The van der Waals surface area contributed by atoms with E-state index < -0.39 is 5.91 Å². The molecule has 0 saturated carbocycles. The number of amides is 3. The van der Waals surface area contributed by atoms with Gasteiger partial charge in [0.25, 0.3) is 11.1 Å². The van der Waals surface area contributed by atoms with E-state index in [2.05, 4.69) is 5.32 Å². The van der Waals surface area contributed by atoms with Crippen LogP contribution in [0.2, 0.25) is 0 Å². The summed E-state index contributed by atoms with van der Waals surface area (Å²) in [5.74, 6) is 1.11. The molecule has 2 aromatic rings. The van der Waals surface area contributed by atoms with Crippen molar-refractivity contribution < 1.29 is 28.6 Å². The first-order valence-electron chi connectivity index (χ1n) is 10.6. The lowest BCUT2D eigenvalue weighted by Crippen LogP contribution is -2.36. The van der Waals surface area contributed by atoms with Gasteiger partial charge in [0.1, 0.15) is 5.75 Å². The van der Waals surface area contributed by atoms with Crippen molar-refractivity contribution in [1.82, 2.24) is 10.2 Å². The fourth-order valence-corrected chi connectivity index (χ4v) is 4.02. The zero-order valence-electron chi connectivity index (χ0n) is 19.2. The van der Waals surface area contributed by atoms with Crippen LogP contribution in [0, 0.1) is 0 Å². The van der Waals surface area contributed by atoms with Gasteiger partial charge in [-0.25, -0.2) is 0 Å². The molecule has 1 aliphatic heterocycles. The molecule has 2 aromatic carbocycles. The monoisotopic (exact) mass is 482 g/mol. The number of nitrogens with one attached hydrogen (secondary N) is 1. The van der Waals surface area contributed by atoms with Gasteiger partial charge in [-0.15, -0.1) is 0 Å². The summed E-state index contributed by atoms with van der Waals surface area (Å²) in [7, 11) is 3.11. The smallest absolute Gasteiger partial charge is 0.293 e. The largest absolute Gasteiger partial charge is 0.497 e. The summed E-state index contributed by atoms with van der Waals surface area (Å²) >= 11 is 0.862. The number of imide groups is 1. The third kappa shape index (κ3) is 6.41. The van der Waals surface area contributed by atoms with Crippen LogP contribution in [-0.2, 0) is 9.59 Å². The molecule has 0 unspecified atom stereocenters. The highest BCUT2D eigenvalue weighted by atomic mass is 32.2. The van der Waals surface area contributed by atoms with Gasteiger partial charge in [-0.2, -0.15) is 0 Å².